The molecule has 0 radical (unpaired) electrons. The van der Waals surface area contributed by atoms with Crippen molar-refractivity contribution < 1.29 is 32.6 Å². The largest absolute Gasteiger partial charge is 0.497 e. The van der Waals surface area contributed by atoms with Crippen LogP contribution < -0.4 is 14.8 Å². The summed E-state index contributed by atoms with van der Waals surface area (Å²) in [6.45, 7) is -1.60. The van der Waals surface area contributed by atoms with Crippen molar-refractivity contribution in [3.63, 3.8) is 0 Å². The monoisotopic (exact) mass is 466 g/mol. The van der Waals surface area contributed by atoms with Crippen molar-refractivity contribution in [2.75, 3.05) is 12.4 Å². The fourth-order valence-corrected chi connectivity index (χ4v) is 3.73. The van der Waals surface area contributed by atoms with Gasteiger partial charge in [0.2, 0.25) is 5.91 Å². The molecule has 1 heterocycles. The van der Waals surface area contributed by atoms with Crippen LogP contribution in [0.15, 0.2) is 66.7 Å². The molecule has 1 unspecified atom stereocenters. The molecule has 0 saturated heterocycles. The molecule has 0 fully saturated rings. The summed E-state index contributed by atoms with van der Waals surface area (Å²) in [6, 6.07) is 16.1. The van der Waals surface area contributed by atoms with Gasteiger partial charge in [-0.25, -0.2) is 0 Å². The van der Waals surface area contributed by atoms with Gasteiger partial charge in [0, 0.05) is 11.3 Å². The van der Waals surface area contributed by atoms with Crippen LogP contribution in [0.3, 0.4) is 0 Å². The lowest BCUT2D eigenvalue weighted by Gasteiger charge is -2.22. The van der Waals surface area contributed by atoms with E-state index < -0.39 is 30.4 Å². The van der Waals surface area contributed by atoms with Crippen LogP contribution in [0.25, 0.3) is 11.1 Å². The first-order chi connectivity index (χ1) is 16.3. The van der Waals surface area contributed by atoms with E-state index >= 15 is 0 Å². The molecule has 0 saturated carbocycles. The first-order valence-corrected chi connectivity index (χ1v) is 10.3. The minimum atomic E-state index is -3.04. The summed E-state index contributed by atoms with van der Waals surface area (Å²) in [6.07, 6.45) is 0. The third-order valence-electron chi connectivity index (χ3n) is 5.46. The van der Waals surface area contributed by atoms with E-state index in [-0.39, 0.29) is 22.6 Å². The molecule has 3 aromatic carbocycles. The number of benzene rings is 3. The molecule has 3 amide bonds. The Hall–Kier alpha value is -4.27. The standard InChI is InChI=1S/C25H20F2N2O5/c1-14(29-23(31)18-5-3-4-6-19(18)24(29)32)22(30)28-16-9-12-21(34-25(26)27)20(13-16)15-7-10-17(33-2)11-8-15/h3-14,25H,1-2H3,(H,28,30). The number of alkyl halides is 2. The number of ether oxygens (including phenoxy) is 2. The van der Waals surface area contributed by atoms with Crippen LogP contribution in [0, 0.1) is 0 Å². The van der Waals surface area contributed by atoms with E-state index in [1.807, 2.05) is 0 Å². The van der Waals surface area contributed by atoms with Crippen LogP contribution in [0.2, 0.25) is 0 Å². The highest BCUT2D eigenvalue weighted by atomic mass is 19.3. The highest BCUT2D eigenvalue weighted by molar-refractivity contribution is 6.23. The Labute approximate surface area is 193 Å². The van der Waals surface area contributed by atoms with Crippen LogP contribution >= 0.6 is 0 Å². The fourth-order valence-electron chi connectivity index (χ4n) is 3.73. The van der Waals surface area contributed by atoms with E-state index in [1.165, 1.54) is 44.4 Å². The molecule has 174 valence electrons. The number of halogens is 2. The summed E-state index contributed by atoms with van der Waals surface area (Å²) in [5, 5.41) is 2.65. The van der Waals surface area contributed by atoms with Gasteiger partial charge in [-0.1, -0.05) is 24.3 Å². The van der Waals surface area contributed by atoms with Crippen LogP contribution in [-0.4, -0.2) is 42.4 Å². The minimum absolute atomic E-state index is 0.0773. The Morgan fingerprint density at radius 1 is 0.912 bits per heavy atom. The molecule has 9 heteroatoms. The predicted octanol–water partition coefficient (Wildman–Crippen LogP) is 4.59. The normalized spacial score (nSPS) is 13.6. The van der Waals surface area contributed by atoms with Crippen molar-refractivity contribution in [1.82, 2.24) is 4.90 Å². The summed E-state index contributed by atoms with van der Waals surface area (Å²) < 4.78 is 35.6. The number of anilines is 1. The number of carbonyl (C=O) groups excluding carboxylic acids is 3. The van der Waals surface area contributed by atoms with Crippen LogP contribution in [0.5, 0.6) is 11.5 Å². The lowest BCUT2D eigenvalue weighted by Crippen LogP contribution is -2.45. The van der Waals surface area contributed by atoms with Crippen molar-refractivity contribution in [1.29, 1.82) is 0 Å². The molecule has 3 aromatic rings. The number of carbonyl (C=O) groups is 3. The van der Waals surface area contributed by atoms with Crippen LogP contribution in [-0.2, 0) is 4.79 Å². The van der Waals surface area contributed by atoms with E-state index in [1.54, 1.807) is 36.4 Å². The Bertz CT molecular complexity index is 1230. The van der Waals surface area contributed by atoms with E-state index in [0.29, 0.717) is 16.9 Å². The second-order valence-electron chi connectivity index (χ2n) is 7.51. The number of hydrogen-bond donors (Lipinski definition) is 1. The highest BCUT2D eigenvalue weighted by Gasteiger charge is 2.40. The second-order valence-corrected chi connectivity index (χ2v) is 7.51. The Balaban J connectivity index is 1.59. The SMILES string of the molecule is COc1ccc(-c2cc(NC(=O)C(C)N3C(=O)c4ccccc4C3=O)ccc2OC(F)F)cc1. The molecule has 4 rings (SSSR count). The third kappa shape index (κ3) is 4.32. The van der Waals surface area contributed by atoms with E-state index in [2.05, 4.69) is 10.1 Å². The van der Waals surface area contributed by atoms with Crippen molar-refractivity contribution in [2.45, 2.75) is 19.6 Å². The number of rotatable bonds is 7. The van der Waals surface area contributed by atoms with Gasteiger partial charge < -0.3 is 14.8 Å². The molecule has 0 bridgehead atoms. The zero-order chi connectivity index (χ0) is 24.4. The van der Waals surface area contributed by atoms with E-state index in [9.17, 15) is 23.2 Å². The molecule has 1 aliphatic rings. The zero-order valence-corrected chi connectivity index (χ0v) is 18.2. The first-order valence-electron chi connectivity index (χ1n) is 10.3. The molecule has 0 aliphatic carbocycles. The lowest BCUT2D eigenvalue weighted by molar-refractivity contribution is -0.119. The molecule has 1 N–H and O–H groups in total. The Kier molecular flexibility index (Phi) is 6.27. The molecule has 0 spiro atoms. The maximum atomic E-state index is 12.9. The lowest BCUT2D eigenvalue weighted by atomic mass is 10.0. The van der Waals surface area contributed by atoms with Crippen molar-refractivity contribution in [3.05, 3.63) is 77.9 Å². The van der Waals surface area contributed by atoms with Gasteiger partial charge in [0.15, 0.2) is 0 Å². The summed E-state index contributed by atoms with van der Waals surface area (Å²) in [7, 11) is 1.51. The van der Waals surface area contributed by atoms with Crippen molar-refractivity contribution in [3.8, 4) is 22.6 Å². The Morgan fingerprint density at radius 2 is 1.53 bits per heavy atom. The summed E-state index contributed by atoms with van der Waals surface area (Å²) in [4.78, 5) is 39.2. The van der Waals surface area contributed by atoms with Crippen molar-refractivity contribution >= 4 is 23.4 Å². The summed E-state index contributed by atoms with van der Waals surface area (Å²) >= 11 is 0. The molecule has 0 aromatic heterocycles. The van der Waals surface area contributed by atoms with E-state index in [0.717, 1.165) is 4.90 Å². The van der Waals surface area contributed by atoms with Gasteiger partial charge in [0.05, 0.1) is 18.2 Å². The summed E-state index contributed by atoms with van der Waals surface area (Å²) in [5.74, 6) is -1.21. The Morgan fingerprint density at radius 3 is 2.09 bits per heavy atom. The number of imide groups is 1. The number of methoxy groups -OCH3 is 1. The number of nitrogens with zero attached hydrogens (tertiary/aromatic N) is 1. The van der Waals surface area contributed by atoms with E-state index in [4.69, 9.17) is 4.74 Å². The molecule has 1 aliphatic heterocycles. The minimum Gasteiger partial charge on any atom is -0.497 e. The topological polar surface area (TPSA) is 84.9 Å². The first kappa shape index (κ1) is 22.9. The molecular weight excluding hydrogens is 446 g/mol. The maximum absolute atomic E-state index is 12.9. The van der Waals surface area contributed by atoms with Gasteiger partial charge in [0.1, 0.15) is 17.5 Å². The zero-order valence-electron chi connectivity index (χ0n) is 18.2. The van der Waals surface area contributed by atoms with Crippen LogP contribution in [0.1, 0.15) is 27.6 Å². The average molecular weight is 466 g/mol. The number of amides is 3. The fraction of sp³-hybridized carbons (Fsp3) is 0.160. The van der Waals surface area contributed by atoms with Crippen LogP contribution in [0.4, 0.5) is 14.5 Å². The van der Waals surface area contributed by atoms with Gasteiger partial charge >= 0.3 is 6.61 Å². The van der Waals surface area contributed by atoms with Crippen molar-refractivity contribution in [2.24, 2.45) is 0 Å². The second kappa shape index (κ2) is 9.30. The smallest absolute Gasteiger partial charge is 0.387 e. The third-order valence-corrected chi connectivity index (χ3v) is 5.46. The van der Waals surface area contributed by atoms with Gasteiger partial charge in [-0.05, 0) is 55.0 Å². The summed E-state index contributed by atoms with van der Waals surface area (Å²) in [5.41, 5.74) is 1.63. The highest BCUT2D eigenvalue weighted by Crippen LogP contribution is 2.35. The molecular formula is C25H20F2N2O5. The number of nitrogens with one attached hydrogen (secondary N) is 1. The predicted molar refractivity (Wildman–Crippen MR) is 120 cm³/mol. The average Bonchev–Trinajstić information content (AvgIpc) is 3.09. The van der Waals surface area contributed by atoms with Gasteiger partial charge in [-0.2, -0.15) is 8.78 Å². The molecule has 1 atom stereocenters. The maximum Gasteiger partial charge on any atom is 0.387 e. The van der Waals surface area contributed by atoms with Gasteiger partial charge in [-0.3, -0.25) is 19.3 Å². The van der Waals surface area contributed by atoms with Gasteiger partial charge in [0.25, 0.3) is 11.8 Å². The van der Waals surface area contributed by atoms with Gasteiger partial charge in [-0.15, -0.1) is 0 Å². The quantitative estimate of drug-likeness (QED) is 0.515. The number of hydrogen-bond acceptors (Lipinski definition) is 5. The number of fused-ring (bicyclic) bond motifs is 1. The molecule has 7 nitrogen and oxygen atoms in total. The molecule has 34 heavy (non-hydrogen) atoms.